The first kappa shape index (κ1) is 12.3. The molecule has 18 heavy (non-hydrogen) atoms. The molecular weight excluding hydrogens is 252 g/mol. The van der Waals surface area contributed by atoms with Gasteiger partial charge in [0, 0.05) is 5.56 Å². The minimum absolute atomic E-state index is 0.373. The molecule has 0 saturated heterocycles. The van der Waals surface area contributed by atoms with Gasteiger partial charge in [0.1, 0.15) is 5.75 Å². The van der Waals surface area contributed by atoms with E-state index in [0.717, 1.165) is 0 Å². The van der Waals surface area contributed by atoms with E-state index in [0.29, 0.717) is 27.8 Å². The van der Waals surface area contributed by atoms with Gasteiger partial charge in [-0.3, -0.25) is 4.79 Å². The van der Waals surface area contributed by atoms with Crippen molar-refractivity contribution < 1.29 is 9.53 Å². The molecule has 4 nitrogen and oxygen atoms in total. The lowest BCUT2D eigenvalue weighted by atomic mass is 10.2. The molecule has 2 aromatic rings. The third-order valence-electron chi connectivity index (χ3n) is 2.38. The molecule has 0 aliphatic heterocycles. The topological polar surface area (TPSA) is 78.3 Å². The van der Waals surface area contributed by atoms with Crippen LogP contribution in [0, 0.1) is 0 Å². The van der Waals surface area contributed by atoms with Gasteiger partial charge < -0.3 is 16.2 Å². The molecule has 0 aromatic heterocycles. The van der Waals surface area contributed by atoms with Crippen LogP contribution in [-0.2, 0) is 0 Å². The summed E-state index contributed by atoms with van der Waals surface area (Å²) in [5.74, 6) is 0.534. The molecule has 1 amide bonds. The number of nitrogens with two attached hydrogens (primary N) is 2. The summed E-state index contributed by atoms with van der Waals surface area (Å²) in [5.41, 5.74) is 11.7. The highest BCUT2D eigenvalue weighted by atomic mass is 35.5. The molecule has 0 unspecified atom stereocenters. The molecular formula is C13H11ClN2O2. The molecule has 0 aliphatic carbocycles. The molecule has 5 heteroatoms. The second-order valence-electron chi connectivity index (χ2n) is 3.64. The number of nitrogen functional groups attached to an aromatic ring is 1. The van der Waals surface area contributed by atoms with E-state index in [2.05, 4.69) is 0 Å². The van der Waals surface area contributed by atoms with Crippen molar-refractivity contribution in [2.75, 3.05) is 5.73 Å². The molecule has 2 aromatic carbocycles. The summed E-state index contributed by atoms with van der Waals surface area (Å²) < 4.78 is 5.56. The van der Waals surface area contributed by atoms with E-state index in [4.69, 9.17) is 27.8 Å². The molecule has 92 valence electrons. The van der Waals surface area contributed by atoms with Crippen LogP contribution in [0.25, 0.3) is 0 Å². The standard InChI is InChI=1S/C13H11ClN2O2/c14-10-2-1-3-11(12(10)15)18-9-6-4-8(5-7-9)13(16)17/h1-7H,15H2,(H2,16,17). The first-order chi connectivity index (χ1) is 8.58. The number of anilines is 1. The quantitative estimate of drug-likeness (QED) is 0.835. The fraction of sp³-hybridized carbons (Fsp3) is 0. The number of amides is 1. The molecule has 0 fully saturated rings. The van der Waals surface area contributed by atoms with E-state index in [9.17, 15) is 4.79 Å². The number of primary amides is 1. The van der Waals surface area contributed by atoms with Crippen molar-refractivity contribution in [3.8, 4) is 11.5 Å². The second kappa shape index (κ2) is 4.98. The molecule has 0 saturated carbocycles. The Bertz CT molecular complexity index is 582. The Labute approximate surface area is 109 Å². The summed E-state index contributed by atoms with van der Waals surface area (Å²) in [5, 5.41) is 0.432. The van der Waals surface area contributed by atoms with Crippen molar-refractivity contribution in [3.63, 3.8) is 0 Å². The summed E-state index contributed by atoms with van der Waals surface area (Å²) in [6.07, 6.45) is 0. The maximum Gasteiger partial charge on any atom is 0.248 e. The van der Waals surface area contributed by atoms with Crippen LogP contribution in [0.4, 0.5) is 5.69 Å². The molecule has 0 spiro atoms. The van der Waals surface area contributed by atoms with E-state index in [1.165, 1.54) is 0 Å². The van der Waals surface area contributed by atoms with E-state index < -0.39 is 5.91 Å². The highest BCUT2D eigenvalue weighted by molar-refractivity contribution is 6.33. The van der Waals surface area contributed by atoms with Gasteiger partial charge in [0.05, 0.1) is 10.7 Å². The van der Waals surface area contributed by atoms with E-state index >= 15 is 0 Å². The monoisotopic (exact) mass is 262 g/mol. The maximum atomic E-state index is 10.9. The average molecular weight is 263 g/mol. The third-order valence-corrected chi connectivity index (χ3v) is 2.71. The molecule has 0 aliphatic rings. The van der Waals surface area contributed by atoms with Crippen LogP contribution in [0.2, 0.25) is 5.02 Å². The van der Waals surface area contributed by atoms with Crippen molar-refractivity contribution in [2.45, 2.75) is 0 Å². The maximum absolute atomic E-state index is 10.9. The number of rotatable bonds is 3. The third kappa shape index (κ3) is 2.55. The van der Waals surface area contributed by atoms with Crippen molar-refractivity contribution in [3.05, 3.63) is 53.1 Å². The van der Waals surface area contributed by atoms with E-state index in [-0.39, 0.29) is 0 Å². The summed E-state index contributed by atoms with van der Waals surface area (Å²) in [6, 6.07) is 11.6. The van der Waals surface area contributed by atoms with E-state index in [1.807, 2.05) is 0 Å². The first-order valence-electron chi connectivity index (χ1n) is 5.19. The van der Waals surface area contributed by atoms with Crippen LogP contribution in [0.15, 0.2) is 42.5 Å². The highest BCUT2D eigenvalue weighted by Crippen LogP contribution is 2.32. The Morgan fingerprint density at radius 3 is 2.39 bits per heavy atom. The van der Waals surface area contributed by atoms with Gasteiger partial charge in [-0.2, -0.15) is 0 Å². The molecule has 2 rings (SSSR count). The summed E-state index contributed by atoms with van der Waals surface area (Å²) >= 11 is 5.88. The number of halogens is 1. The van der Waals surface area contributed by atoms with Gasteiger partial charge >= 0.3 is 0 Å². The predicted octanol–water partition coefficient (Wildman–Crippen LogP) is 2.81. The first-order valence-corrected chi connectivity index (χ1v) is 5.57. The fourth-order valence-corrected chi connectivity index (χ4v) is 1.59. The predicted molar refractivity (Wildman–Crippen MR) is 70.9 cm³/mol. The molecule has 0 radical (unpaired) electrons. The van der Waals surface area contributed by atoms with Gasteiger partial charge in [-0.25, -0.2) is 0 Å². The van der Waals surface area contributed by atoms with Crippen molar-refractivity contribution in [1.82, 2.24) is 0 Å². The molecule has 0 atom stereocenters. The van der Waals surface area contributed by atoms with Gasteiger partial charge in [-0.1, -0.05) is 17.7 Å². The van der Waals surface area contributed by atoms with Gasteiger partial charge in [0.25, 0.3) is 0 Å². The second-order valence-corrected chi connectivity index (χ2v) is 4.05. The van der Waals surface area contributed by atoms with Crippen molar-refractivity contribution in [2.24, 2.45) is 5.73 Å². The highest BCUT2D eigenvalue weighted by Gasteiger charge is 2.06. The van der Waals surface area contributed by atoms with Crippen LogP contribution in [0.1, 0.15) is 10.4 Å². The largest absolute Gasteiger partial charge is 0.455 e. The number of carbonyl (C=O) groups is 1. The Morgan fingerprint density at radius 2 is 1.78 bits per heavy atom. The molecule has 0 bridgehead atoms. The number of hydrogen-bond donors (Lipinski definition) is 2. The minimum atomic E-state index is -0.483. The summed E-state index contributed by atoms with van der Waals surface area (Å²) in [6.45, 7) is 0. The van der Waals surface area contributed by atoms with Crippen LogP contribution >= 0.6 is 11.6 Å². The SMILES string of the molecule is NC(=O)c1ccc(Oc2cccc(Cl)c2N)cc1. The Kier molecular flexibility index (Phi) is 3.39. The molecule has 4 N–H and O–H groups in total. The van der Waals surface area contributed by atoms with Gasteiger partial charge in [-0.15, -0.1) is 0 Å². The Balaban J connectivity index is 2.24. The number of hydrogen-bond acceptors (Lipinski definition) is 3. The van der Waals surface area contributed by atoms with Gasteiger partial charge in [0.2, 0.25) is 5.91 Å². The number of benzene rings is 2. The zero-order valence-electron chi connectivity index (χ0n) is 9.39. The fourth-order valence-electron chi connectivity index (χ4n) is 1.42. The van der Waals surface area contributed by atoms with Crippen molar-refractivity contribution >= 4 is 23.2 Å². The zero-order valence-corrected chi connectivity index (χ0v) is 10.1. The van der Waals surface area contributed by atoms with Gasteiger partial charge in [-0.05, 0) is 36.4 Å². The zero-order chi connectivity index (χ0) is 13.1. The van der Waals surface area contributed by atoms with Gasteiger partial charge in [0.15, 0.2) is 5.75 Å². The van der Waals surface area contributed by atoms with Crippen LogP contribution in [0.3, 0.4) is 0 Å². The molecule has 0 heterocycles. The van der Waals surface area contributed by atoms with Crippen LogP contribution < -0.4 is 16.2 Å². The summed E-state index contributed by atoms with van der Waals surface area (Å²) in [4.78, 5) is 10.9. The number of para-hydroxylation sites is 1. The van der Waals surface area contributed by atoms with E-state index in [1.54, 1.807) is 42.5 Å². The van der Waals surface area contributed by atoms with Crippen LogP contribution in [-0.4, -0.2) is 5.91 Å². The normalized spacial score (nSPS) is 10.1. The lowest BCUT2D eigenvalue weighted by molar-refractivity contribution is 0.100. The number of carbonyl (C=O) groups excluding carboxylic acids is 1. The number of ether oxygens (including phenoxy) is 1. The van der Waals surface area contributed by atoms with Crippen molar-refractivity contribution in [1.29, 1.82) is 0 Å². The Morgan fingerprint density at radius 1 is 1.11 bits per heavy atom. The lowest BCUT2D eigenvalue weighted by Gasteiger charge is -2.09. The average Bonchev–Trinajstić information content (AvgIpc) is 2.36. The summed E-state index contributed by atoms with van der Waals surface area (Å²) in [7, 11) is 0. The Hall–Kier alpha value is -2.20. The minimum Gasteiger partial charge on any atom is -0.455 e. The lowest BCUT2D eigenvalue weighted by Crippen LogP contribution is -2.10. The smallest absolute Gasteiger partial charge is 0.248 e. The van der Waals surface area contributed by atoms with Crippen LogP contribution in [0.5, 0.6) is 11.5 Å².